The molecule has 0 radical (unpaired) electrons. The van der Waals surface area contributed by atoms with E-state index in [0.717, 1.165) is 17.9 Å². The number of nitrogens with zero attached hydrogens (tertiary/aromatic N) is 3. The normalized spacial score (nSPS) is 13.0. The summed E-state index contributed by atoms with van der Waals surface area (Å²) in [5.74, 6) is 1.91. The lowest BCUT2D eigenvalue weighted by atomic mass is 10.3. The second-order valence-corrected chi connectivity index (χ2v) is 5.54. The van der Waals surface area contributed by atoms with Gasteiger partial charge in [0.1, 0.15) is 0 Å². The van der Waals surface area contributed by atoms with E-state index in [-0.39, 0.29) is 11.7 Å². The van der Waals surface area contributed by atoms with Crippen molar-refractivity contribution < 1.29 is 0 Å². The van der Waals surface area contributed by atoms with Crippen molar-refractivity contribution in [2.24, 2.45) is 5.73 Å². The van der Waals surface area contributed by atoms with Crippen LogP contribution in [-0.2, 0) is 6.54 Å². The number of fused-ring (bicyclic) bond motifs is 1. The van der Waals surface area contributed by atoms with Gasteiger partial charge in [0.25, 0.3) is 0 Å². The predicted octanol–water partition coefficient (Wildman–Crippen LogP) is 0.967. The number of aromatic nitrogens is 3. The molecule has 1 unspecified atom stereocenters. The quantitative estimate of drug-likeness (QED) is 0.791. The molecule has 0 aliphatic heterocycles. The van der Waals surface area contributed by atoms with E-state index in [9.17, 15) is 4.79 Å². The second kappa shape index (κ2) is 6.06. The summed E-state index contributed by atoms with van der Waals surface area (Å²) in [6, 6.07) is 5.79. The highest BCUT2D eigenvalue weighted by Crippen LogP contribution is 2.04. The van der Waals surface area contributed by atoms with Gasteiger partial charge in [-0.25, -0.2) is 9.48 Å². The van der Waals surface area contributed by atoms with Crippen LogP contribution < -0.4 is 11.4 Å². The molecule has 0 saturated carbocycles. The highest BCUT2D eigenvalue weighted by Gasteiger charge is 2.05. The Bertz CT molecular complexity index is 560. The molecule has 18 heavy (non-hydrogen) atoms. The summed E-state index contributed by atoms with van der Waals surface area (Å²) in [5, 5.41) is 4.27. The zero-order chi connectivity index (χ0) is 13.0. The summed E-state index contributed by atoms with van der Waals surface area (Å²) in [5.41, 5.74) is 6.30. The number of thioether (sulfide) groups is 1. The molecule has 2 aromatic rings. The lowest BCUT2D eigenvalue weighted by Crippen LogP contribution is -2.22. The maximum absolute atomic E-state index is 11.9. The lowest BCUT2D eigenvalue weighted by molar-refractivity contribution is 0.639. The molecule has 0 spiro atoms. The molecule has 2 rings (SSSR count). The zero-order valence-corrected chi connectivity index (χ0v) is 11.3. The third-order valence-electron chi connectivity index (χ3n) is 2.65. The van der Waals surface area contributed by atoms with Crippen LogP contribution in [0.3, 0.4) is 0 Å². The monoisotopic (exact) mass is 266 g/mol. The minimum atomic E-state index is -0.0709. The topological polar surface area (TPSA) is 65.3 Å². The number of hydrogen-bond acceptors (Lipinski definition) is 4. The van der Waals surface area contributed by atoms with Gasteiger partial charge in [0.05, 0.1) is 6.54 Å². The van der Waals surface area contributed by atoms with Crippen LogP contribution in [0.1, 0.15) is 13.3 Å². The molecule has 0 bridgehead atoms. The standard InChI is InChI=1S/C12H18N4OS/c1-10(13)5-8-18-9-7-16-12(17)15-6-3-2-4-11(15)14-16/h2-4,6,10H,5,7-9,13H2,1H3. The van der Waals surface area contributed by atoms with E-state index in [1.807, 2.05) is 25.1 Å². The molecular weight excluding hydrogens is 248 g/mol. The average molecular weight is 266 g/mol. The molecule has 0 aliphatic rings. The number of hydrogen-bond donors (Lipinski definition) is 1. The van der Waals surface area contributed by atoms with Gasteiger partial charge in [-0.05, 0) is 31.2 Å². The minimum absolute atomic E-state index is 0.0709. The van der Waals surface area contributed by atoms with Gasteiger partial charge in [-0.2, -0.15) is 11.8 Å². The predicted molar refractivity (Wildman–Crippen MR) is 75.0 cm³/mol. The van der Waals surface area contributed by atoms with E-state index >= 15 is 0 Å². The van der Waals surface area contributed by atoms with Crippen molar-refractivity contribution >= 4 is 17.4 Å². The van der Waals surface area contributed by atoms with Crippen LogP contribution in [0.15, 0.2) is 29.2 Å². The molecule has 0 fully saturated rings. The third-order valence-corrected chi connectivity index (χ3v) is 3.65. The number of aryl methyl sites for hydroxylation is 1. The molecule has 2 aromatic heterocycles. The summed E-state index contributed by atoms with van der Waals surface area (Å²) in [4.78, 5) is 11.9. The van der Waals surface area contributed by atoms with Gasteiger partial charge in [0.2, 0.25) is 0 Å². The maximum atomic E-state index is 11.9. The Morgan fingerprint density at radius 3 is 3.00 bits per heavy atom. The van der Waals surface area contributed by atoms with Gasteiger partial charge in [-0.1, -0.05) is 6.07 Å². The van der Waals surface area contributed by atoms with E-state index in [4.69, 9.17) is 5.73 Å². The van der Waals surface area contributed by atoms with Crippen molar-refractivity contribution in [1.29, 1.82) is 0 Å². The number of nitrogens with two attached hydrogens (primary N) is 1. The summed E-state index contributed by atoms with van der Waals surface area (Å²) in [7, 11) is 0. The van der Waals surface area contributed by atoms with Crippen LogP contribution in [0, 0.1) is 0 Å². The number of rotatable bonds is 6. The van der Waals surface area contributed by atoms with Crippen molar-refractivity contribution in [3.63, 3.8) is 0 Å². The number of pyridine rings is 1. The van der Waals surface area contributed by atoms with Crippen LogP contribution in [0.25, 0.3) is 5.65 Å². The van der Waals surface area contributed by atoms with Gasteiger partial charge in [-0.15, -0.1) is 5.10 Å². The van der Waals surface area contributed by atoms with Crippen molar-refractivity contribution in [2.45, 2.75) is 25.9 Å². The van der Waals surface area contributed by atoms with E-state index < -0.39 is 0 Å². The van der Waals surface area contributed by atoms with Crippen molar-refractivity contribution in [3.05, 3.63) is 34.9 Å². The van der Waals surface area contributed by atoms with Crippen LogP contribution >= 0.6 is 11.8 Å². The largest absolute Gasteiger partial charge is 0.350 e. The Balaban J connectivity index is 1.92. The summed E-state index contributed by atoms with van der Waals surface area (Å²) in [6.07, 6.45) is 2.75. The van der Waals surface area contributed by atoms with E-state index in [2.05, 4.69) is 5.10 Å². The lowest BCUT2D eigenvalue weighted by Gasteiger charge is -2.03. The molecule has 0 amide bonds. The fraction of sp³-hybridized carbons (Fsp3) is 0.500. The Kier molecular flexibility index (Phi) is 4.43. The van der Waals surface area contributed by atoms with Gasteiger partial charge < -0.3 is 5.73 Å². The first kappa shape index (κ1) is 13.2. The summed E-state index contributed by atoms with van der Waals surface area (Å²) < 4.78 is 3.08. The van der Waals surface area contributed by atoms with Crippen LogP contribution in [-0.4, -0.2) is 31.7 Å². The molecule has 6 heteroatoms. The highest BCUT2D eigenvalue weighted by atomic mass is 32.2. The molecule has 2 heterocycles. The molecule has 0 aromatic carbocycles. The third kappa shape index (κ3) is 3.14. The second-order valence-electron chi connectivity index (χ2n) is 4.31. The first-order valence-corrected chi connectivity index (χ1v) is 7.21. The van der Waals surface area contributed by atoms with Gasteiger partial charge in [0.15, 0.2) is 5.65 Å². The van der Waals surface area contributed by atoms with Crippen molar-refractivity contribution in [1.82, 2.24) is 14.2 Å². The molecule has 5 nitrogen and oxygen atoms in total. The van der Waals surface area contributed by atoms with Gasteiger partial charge >= 0.3 is 5.69 Å². The summed E-state index contributed by atoms with van der Waals surface area (Å²) >= 11 is 1.81. The molecular formula is C12H18N4OS. The van der Waals surface area contributed by atoms with Crippen molar-refractivity contribution in [3.8, 4) is 0 Å². The molecule has 1 atom stereocenters. The Labute approximate surface area is 110 Å². The molecule has 0 aliphatic carbocycles. The van der Waals surface area contributed by atoms with Crippen LogP contribution in [0.2, 0.25) is 0 Å². The molecule has 2 N–H and O–H groups in total. The first-order valence-electron chi connectivity index (χ1n) is 6.06. The Morgan fingerprint density at radius 1 is 1.44 bits per heavy atom. The molecule has 0 saturated heterocycles. The molecule has 98 valence electrons. The van der Waals surface area contributed by atoms with Crippen LogP contribution in [0.4, 0.5) is 0 Å². The SMILES string of the molecule is CC(N)CCSCCn1nc2ccccn2c1=O. The maximum Gasteiger partial charge on any atom is 0.350 e. The smallest absolute Gasteiger partial charge is 0.328 e. The van der Waals surface area contributed by atoms with E-state index in [0.29, 0.717) is 12.2 Å². The zero-order valence-electron chi connectivity index (χ0n) is 10.5. The van der Waals surface area contributed by atoms with Crippen molar-refractivity contribution in [2.75, 3.05) is 11.5 Å². The highest BCUT2D eigenvalue weighted by molar-refractivity contribution is 7.99. The fourth-order valence-corrected chi connectivity index (χ4v) is 2.68. The van der Waals surface area contributed by atoms with Gasteiger partial charge in [-0.3, -0.25) is 4.40 Å². The van der Waals surface area contributed by atoms with E-state index in [1.165, 1.54) is 4.68 Å². The Morgan fingerprint density at radius 2 is 2.28 bits per heavy atom. The minimum Gasteiger partial charge on any atom is -0.328 e. The Hall–Kier alpha value is -1.27. The van der Waals surface area contributed by atoms with Gasteiger partial charge in [0, 0.05) is 18.0 Å². The average Bonchev–Trinajstić information content (AvgIpc) is 2.66. The summed E-state index contributed by atoms with van der Waals surface area (Å²) in [6.45, 7) is 2.65. The fourth-order valence-electron chi connectivity index (χ4n) is 1.64. The first-order chi connectivity index (χ1) is 8.68. The van der Waals surface area contributed by atoms with E-state index in [1.54, 1.807) is 22.4 Å². The van der Waals surface area contributed by atoms with Crippen LogP contribution in [0.5, 0.6) is 0 Å².